The van der Waals surface area contributed by atoms with Crippen LogP contribution in [-0.2, 0) is 11.3 Å². The number of carbonyl (C=O) groups excluding carboxylic acids is 1. The Bertz CT molecular complexity index is 1150. The van der Waals surface area contributed by atoms with Gasteiger partial charge in [-0.05, 0) is 28.0 Å². The fraction of sp³-hybridized carbons (Fsp3) is 0.115. The van der Waals surface area contributed by atoms with Crippen molar-refractivity contribution < 1.29 is 14.3 Å². The first-order valence-corrected chi connectivity index (χ1v) is 9.74. The molecule has 0 saturated carbocycles. The molecular formula is C26H20O3. The van der Waals surface area contributed by atoms with Crippen LogP contribution < -0.4 is 4.74 Å². The van der Waals surface area contributed by atoms with E-state index in [4.69, 9.17) is 9.47 Å². The van der Waals surface area contributed by atoms with Gasteiger partial charge in [-0.1, -0.05) is 91.0 Å². The van der Waals surface area contributed by atoms with Crippen molar-refractivity contribution in [2.75, 3.05) is 0 Å². The fourth-order valence-electron chi connectivity index (χ4n) is 3.71. The molecular weight excluding hydrogens is 360 g/mol. The molecule has 0 aliphatic carbocycles. The normalized spacial score (nSPS) is 17.8. The second-order valence-electron chi connectivity index (χ2n) is 7.19. The highest BCUT2D eigenvalue weighted by molar-refractivity contribution is 6.13. The maximum atomic E-state index is 13.4. The third-order valence-electron chi connectivity index (χ3n) is 5.25. The summed E-state index contributed by atoms with van der Waals surface area (Å²) in [4.78, 5) is 13.4. The Labute approximate surface area is 169 Å². The standard InChI is InChI=1S/C26H20O3/c27-24(26-25(29-26)20-12-5-2-6-13-20)23-21-14-8-7-11-19(21)15-16-22(23)28-17-18-9-3-1-4-10-18/h1-16,25-26H,17H2. The Morgan fingerprint density at radius 2 is 1.48 bits per heavy atom. The van der Waals surface area contributed by atoms with Crippen LogP contribution in [0.5, 0.6) is 5.75 Å². The molecule has 4 aromatic carbocycles. The lowest BCUT2D eigenvalue weighted by atomic mass is 9.96. The Kier molecular flexibility index (Phi) is 4.59. The number of hydrogen-bond donors (Lipinski definition) is 0. The number of rotatable bonds is 6. The zero-order chi connectivity index (χ0) is 19.6. The molecule has 0 amide bonds. The minimum Gasteiger partial charge on any atom is -0.488 e. The highest BCUT2D eigenvalue weighted by Crippen LogP contribution is 2.43. The van der Waals surface area contributed by atoms with Crippen molar-refractivity contribution in [3.63, 3.8) is 0 Å². The molecule has 2 unspecified atom stereocenters. The van der Waals surface area contributed by atoms with Gasteiger partial charge in [0.15, 0.2) is 11.9 Å². The van der Waals surface area contributed by atoms with E-state index < -0.39 is 6.10 Å². The molecule has 3 nitrogen and oxygen atoms in total. The SMILES string of the molecule is O=C(c1c(OCc2ccccc2)ccc2ccccc12)C1OC1c1ccccc1. The molecule has 4 aromatic rings. The van der Waals surface area contributed by atoms with Crippen molar-refractivity contribution in [1.29, 1.82) is 0 Å². The first kappa shape index (κ1) is 17.7. The van der Waals surface area contributed by atoms with Crippen molar-refractivity contribution in [3.8, 4) is 5.75 Å². The van der Waals surface area contributed by atoms with Crippen molar-refractivity contribution in [1.82, 2.24) is 0 Å². The molecule has 1 aliphatic heterocycles. The van der Waals surface area contributed by atoms with Gasteiger partial charge in [0.1, 0.15) is 18.5 Å². The van der Waals surface area contributed by atoms with E-state index >= 15 is 0 Å². The Balaban J connectivity index is 1.48. The van der Waals surface area contributed by atoms with Gasteiger partial charge in [-0.25, -0.2) is 0 Å². The number of hydrogen-bond acceptors (Lipinski definition) is 3. The average molecular weight is 380 g/mol. The molecule has 29 heavy (non-hydrogen) atoms. The number of benzene rings is 4. The molecule has 1 fully saturated rings. The largest absolute Gasteiger partial charge is 0.488 e. The Hall–Kier alpha value is -3.43. The van der Waals surface area contributed by atoms with Crippen LogP contribution in [0, 0.1) is 0 Å². The molecule has 0 radical (unpaired) electrons. The molecule has 0 N–H and O–H groups in total. The minimum absolute atomic E-state index is 0.0290. The first-order valence-electron chi connectivity index (χ1n) is 9.74. The molecule has 0 bridgehead atoms. The zero-order valence-corrected chi connectivity index (χ0v) is 15.8. The topological polar surface area (TPSA) is 38.8 Å². The number of epoxide rings is 1. The van der Waals surface area contributed by atoms with Gasteiger partial charge in [0.2, 0.25) is 0 Å². The van der Waals surface area contributed by atoms with E-state index in [1.807, 2.05) is 97.1 Å². The minimum atomic E-state index is -0.470. The van der Waals surface area contributed by atoms with Crippen molar-refractivity contribution in [2.24, 2.45) is 0 Å². The molecule has 0 spiro atoms. The monoisotopic (exact) mass is 380 g/mol. The lowest BCUT2D eigenvalue weighted by Crippen LogP contribution is -2.11. The van der Waals surface area contributed by atoms with E-state index in [2.05, 4.69) is 0 Å². The smallest absolute Gasteiger partial charge is 0.198 e. The number of fused-ring (bicyclic) bond motifs is 1. The van der Waals surface area contributed by atoms with E-state index in [-0.39, 0.29) is 11.9 Å². The van der Waals surface area contributed by atoms with Crippen LogP contribution in [-0.4, -0.2) is 11.9 Å². The van der Waals surface area contributed by atoms with Crippen LogP contribution in [0.1, 0.15) is 27.6 Å². The van der Waals surface area contributed by atoms with Gasteiger partial charge in [0.25, 0.3) is 0 Å². The maximum Gasteiger partial charge on any atom is 0.198 e. The third kappa shape index (κ3) is 3.53. The summed E-state index contributed by atoms with van der Waals surface area (Å²) in [5, 5.41) is 1.91. The van der Waals surface area contributed by atoms with Crippen LogP contribution in [0.2, 0.25) is 0 Å². The third-order valence-corrected chi connectivity index (χ3v) is 5.25. The number of ether oxygens (including phenoxy) is 2. The molecule has 1 heterocycles. The van der Waals surface area contributed by atoms with Crippen LogP contribution in [0.25, 0.3) is 10.8 Å². The summed E-state index contributed by atoms with van der Waals surface area (Å²) in [5.74, 6) is 0.568. The van der Waals surface area contributed by atoms with Gasteiger partial charge >= 0.3 is 0 Å². The van der Waals surface area contributed by atoms with Gasteiger partial charge in [-0.15, -0.1) is 0 Å². The van der Waals surface area contributed by atoms with Crippen molar-refractivity contribution in [2.45, 2.75) is 18.8 Å². The second-order valence-corrected chi connectivity index (χ2v) is 7.19. The van der Waals surface area contributed by atoms with Gasteiger partial charge in [0, 0.05) is 0 Å². The highest BCUT2D eigenvalue weighted by atomic mass is 16.6. The van der Waals surface area contributed by atoms with Crippen molar-refractivity contribution in [3.05, 3.63) is 114 Å². The van der Waals surface area contributed by atoms with Gasteiger partial charge in [-0.3, -0.25) is 4.79 Å². The predicted octanol–water partition coefficient (Wildman–Crippen LogP) is 5.74. The Morgan fingerprint density at radius 3 is 2.28 bits per heavy atom. The van der Waals surface area contributed by atoms with Gasteiger partial charge in [-0.2, -0.15) is 0 Å². The summed E-state index contributed by atoms with van der Waals surface area (Å²) in [6, 6.07) is 31.6. The van der Waals surface area contributed by atoms with Crippen LogP contribution in [0.15, 0.2) is 97.1 Å². The lowest BCUT2D eigenvalue weighted by molar-refractivity contribution is 0.0951. The van der Waals surface area contributed by atoms with E-state index in [0.29, 0.717) is 17.9 Å². The Morgan fingerprint density at radius 1 is 0.793 bits per heavy atom. The molecule has 1 saturated heterocycles. The van der Waals surface area contributed by atoms with Crippen molar-refractivity contribution >= 4 is 16.6 Å². The van der Waals surface area contributed by atoms with Crippen LogP contribution in [0.3, 0.4) is 0 Å². The van der Waals surface area contributed by atoms with E-state index in [0.717, 1.165) is 21.9 Å². The van der Waals surface area contributed by atoms with E-state index in [1.54, 1.807) is 0 Å². The number of Topliss-reactive ketones (excluding diaryl/α,β-unsaturated/α-hetero) is 1. The van der Waals surface area contributed by atoms with Gasteiger partial charge in [0.05, 0.1) is 5.56 Å². The molecule has 1 aliphatic rings. The number of ketones is 1. The molecule has 0 aromatic heterocycles. The van der Waals surface area contributed by atoms with E-state index in [1.165, 1.54) is 0 Å². The molecule has 3 heteroatoms. The molecule has 142 valence electrons. The average Bonchev–Trinajstić information content (AvgIpc) is 3.59. The predicted molar refractivity (Wildman–Crippen MR) is 113 cm³/mol. The van der Waals surface area contributed by atoms with Crippen LogP contribution in [0.4, 0.5) is 0 Å². The van der Waals surface area contributed by atoms with E-state index in [9.17, 15) is 4.79 Å². The maximum absolute atomic E-state index is 13.4. The molecule has 5 rings (SSSR count). The summed E-state index contributed by atoms with van der Waals surface area (Å²) in [7, 11) is 0. The molecule has 2 atom stereocenters. The second kappa shape index (κ2) is 7.53. The summed E-state index contributed by atoms with van der Waals surface area (Å²) in [6.45, 7) is 0.410. The summed E-state index contributed by atoms with van der Waals surface area (Å²) >= 11 is 0. The van der Waals surface area contributed by atoms with Gasteiger partial charge < -0.3 is 9.47 Å². The first-order chi connectivity index (χ1) is 14.3. The summed E-state index contributed by atoms with van der Waals surface area (Å²) in [5.41, 5.74) is 2.68. The quantitative estimate of drug-likeness (QED) is 0.316. The summed E-state index contributed by atoms with van der Waals surface area (Å²) in [6.07, 6.45) is -0.660. The summed E-state index contributed by atoms with van der Waals surface area (Å²) < 4.78 is 11.9. The zero-order valence-electron chi connectivity index (χ0n) is 15.8. The fourth-order valence-corrected chi connectivity index (χ4v) is 3.71. The van der Waals surface area contributed by atoms with Crippen LogP contribution >= 0.6 is 0 Å². The highest BCUT2D eigenvalue weighted by Gasteiger charge is 2.47. The lowest BCUT2D eigenvalue weighted by Gasteiger charge is -2.13. The number of carbonyl (C=O) groups is 1.